The van der Waals surface area contributed by atoms with Crippen molar-refractivity contribution in [1.82, 2.24) is 0 Å². The van der Waals surface area contributed by atoms with Crippen LogP contribution in [0.1, 0.15) is 12.5 Å². The lowest BCUT2D eigenvalue weighted by molar-refractivity contribution is 1.47. The van der Waals surface area contributed by atoms with Crippen molar-refractivity contribution in [2.24, 2.45) is 0 Å². The Morgan fingerprint density at radius 1 is 1.71 bits per heavy atom. The van der Waals surface area contributed by atoms with Gasteiger partial charge >= 0.3 is 0 Å². The lowest BCUT2D eigenvalue weighted by atomic mass is 10.3. The average molecular weight is 110 g/mol. The summed E-state index contributed by atoms with van der Waals surface area (Å²) >= 11 is 1.70. The number of thiophene rings is 1. The van der Waals surface area contributed by atoms with Gasteiger partial charge in [0.25, 0.3) is 0 Å². The van der Waals surface area contributed by atoms with Gasteiger partial charge in [-0.25, -0.2) is 0 Å². The minimum absolute atomic E-state index is 1.20. The van der Waals surface area contributed by atoms with Crippen LogP contribution < -0.4 is 0 Å². The molecule has 0 aliphatic rings. The maximum atomic E-state index is 3.02. The summed E-state index contributed by atoms with van der Waals surface area (Å²) in [4.78, 5) is 0. The Balaban J connectivity index is 2.76. The quantitative estimate of drug-likeness (QED) is 0.520. The van der Waals surface area contributed by atoms with E-state index in [2.05, 4.69) is 11.8 Å². The van der Waals surface area contributed by atoms with Crippen molar-refractivity contribution in [3.8, 4) is 0 Å². The molecule has 1 rings (SSSR count). The second kappa shape index (κ2) is 2.12. The summed E-state index contributed by atoms with van der Waals surface area (Å²) in [6, 6.07) is 2.05. The van der Waals surface area contributed by atoms with Crippen molar-refractivity contribution in [1.29, 1.82) is 0 Å². The second-order valence-corrected chi connectivity index (χ2v) is 2.04. The first-order valence-electron chi connectivity index (χ1n) is 2.13. The normalized spacial score (nSPS) is 9.29. The number of hydrogen-bond donors (Lipinski definition) is 0. The molecule has 0 nitrogen and oxygen atoms in total. The molecular formula is C6H6S. The molecule has 0 N–H and O–H groups in total. The molecule has 0 atom stereocenters. The molecule has 0 saturated heterocycles. The molecule has 0 saturated carbocycles. The fraction of sp³-hybridized carbons (Fsp3) is 0.167. The van der Waals surface area contributed by atoms with Crippen LogP contribution in [0.2, 0.25) is 0 Å². The summed E-state index contributed by atoms with van der Waals surface area (Å²) in [6.45, 7) is 1.92. The molecule has 1 heterocycles. The van der Waals surface area contributed by atoms with Crippen molar-refractivity contribution in [2.75, 3.05) is 0 Å². The van der Waals surface area contributed by atoms with E-state index >= 15 is 0 Å². The van der Waals surface area contributed by atoms with Gasteiger partial charge in [-0.15, -0.1) is 0 Å². The zero-order valence-electron chi connectivity index (χ0n) is 4.14. The molecule has 2 radical (unpaired) electrons. The van der Waals surface area contributed by atoms with Gasteiger partial charge in [-0.05, 0) is 22.4 Å². The first-order valence-corrected chi connectivity index (χ1v) is 3.07. The van der Waals surface area contributed by atoms with Crippen LogP contribution in [0.5, 0.6) is 0 Å². The summed E-state index contributed by atoms with van der Waals surface area (Å²) in [5, 5.41) is 4.12. The molecule has 0 aliphatic heterocycles. The first kappa shape index (κ1) is 4.85. The molecular weight excluding hydrogens is 104 g/mol. The van der Waals surface area contributed by atoms with Crippen molar-refractivity contribution in [3.63, 3.8) is 0 Å². The zero-order valence-corrected chi connectivity index (χ0v) is 4.96. The minimum Gasteiger partial charge on any atom is -0.152 e. The van der Waals surface area contributed by atoms with E-state index in [1.54, 1.807) is 11.3 Å². The highest BCUT2D eigenvalue weighted by Crippen LogP contribution is 2.06. The molecule has 0 aliphatic carbocycles. The monoisotopic (exact) mass is 110 g/mol. The molecule has 0 spiro atoms. The Morgan fingerprint density at radius 2 is 2.57 bits per heavy atom. The third-order valence-electron chi connectivity index (χ3n) is 0.810. The Labute approximate surface area is 47.8 Å². The molecule has 1 aromatic heterocycles. The van der Waals surface area contributed by atoms with Crippen LogP contribution in [0.4, 0.5) is 0 Å². The largest absolute Gasteiger partial charge is 0.152 e. The van der Waals surface area contributed by atoms with Gasteiger partial charge in [0.2, 0.25) is 0 Å². The van der Waals surface area contributed by atoms with E-state index in [0.29, 0.717) is 0 Å². The van der Waals surface area contributed by atoms with Gasteiger partial charge in [-0.1, -0.05) is 6.92 Å². The molecule has 0 fully saturated rings. The van der Waals surface area contributed by atoms with E-state index in [9.17, 15) is 0 Å². The molecule has 0 aromatic carbocycles. The Kier molecular flexibility index (Phi) is 1.47. The SMILES string of the molecule is C[C]c1ccsc1. The van der Waals surface area contributed by atoms with Crippen LogP contribution in [-0.4, -0.2) is 0 Å². The standard InChI is InChI=1S/C6H6S/c1-2-6-3-4-7-5-6/h3-5H,1H3. The van der Waals surface area contributed by atoms with Crippen LogP contribution in [0.15, 0.2) is 16.8 Å². The summed E-state index contributed by atoms with van der Waals surface area (Å²) < 4.78 is 0. The van der Waals surface area contributed by atoms with E-state index in [0.717, 1.165) is 0 Å². The van der Waals surface area contributed by atoms with Crippen LogP contribution in [0.3, 0.4) is 0 Å². The van der Waals surface area contributed by atoms with E-state index in [1.807, 2.05) is 18.4 Å². The predicted molar refractivity (Wildman–Crippen MR) is 32.3 cm³/mol. The molecule has 7 heavy (non-hydrogen) atoms. The van der Waals surface area contributed by atoms with Gasteiger partial charge < -0.3 is 0 Å². The average Bonchev–Trinajstić information content (AvgIpc) is 2.14. The number of rotatable bonds is 1. The smallest absolute Gasteiger partial charge is 0.0139 e. The van der Waals surface area contributed by atoms with E-state index < -0.39 is 0 Å². The second-order valence-electron chi connectivity index (χ2n) is 1.26. The third-order valence-corrected chi connectivity index (χ3v) is 1.49. The van der Waals surface area contributed by atoms with Gasteiger partial charge in [-0.3, -0.25) is 0 Å². The Morgan fingerprint density at radius 3 is 2.86 bits per heavy atom. The maximum absolute atomic E-state index is 3.02. The van der Waals surface area contributed by atoms with Crippen LogP contribution in [0, 0.1) is 6.42 Å². The fourth-order valence-electron chi connectivity index (χ4n) is 0.407. The highest BCUT2D eigenvalue weighted by molar-refractivity contribution is 7.08. The highest BCUT2D eigenvalue weighted by atomic mass is 32.1. The van der Waals surface area contributed by atoms with Gasteiger partial charge in [0, 0.05) is 6.42 Å². The summed E-state index contributed by atoms with van der Waals surface area (Å²) in [5.41, 5.74) is 1.20. The number of hydrogen-bond acceptors (Lipinski definition) is 1. The van der Waals surface area contributed by atoms with Crippen LogP contribution in [0.25, 0.3) is 0 Å². The molecule has 0 bridgehead atoms. The maximum Gasteiger partial charge on any atom is 0.0139 e. The fourth-order valence-corrected chi connectivity index (χ4v) is 1.05. The zero-order chi connectivity index (χ0) is 5.11. The third kappa shape index (κ3) is 1.03. The van der Waals surface area contributed by atoms with E-state index in [1.165, 1.54) is 5.56 Å². The summed E-state index contributed by atoms with van der Waals surface area (Å²) in [6.07, 6.45) is 3.02. The summed E-state index contributed by atoms with van der Waals surface area (Å²) in [7, 11) is 0. The van der Waals surface area contributed by atoms with Gasteiger partial charge in [0.15, 0.2) is 0 Å². The minimum atomic E-state index is 1.20. The van der Waals surface area contributed by atoms with Crippen molar-refractivity contribution < 1.29 is 0 Å². The van der Waals surface area contributed by atoms with E-state index in [-0.39, 0.29) is 0 Å². The van der Waals surface area contributed by atoms with Crippen molar-refractivity contribution in [2.45, 2.75) is 6.92 Å². The van der Waals surface area contributed by atoms with Gasteiger partial charge in [0.05, 0.1) is 0 Å². The highest BCUT2D eigenvalue weighted by Gasteiger charge is 1.83. The van der Waals surface area contributed by atoms with Crippen molar-refractivity contribution >= 4 is 11.3 Å². The van der Waals surface area contributed by atoms with Crippen molar-refractivity contribution in [3.05, 3.63) is 28.8 Å². The molecule has 36 valence electrons. The van der Waals surface area contributed by atoms with E-state index in [4.69, 9.17) is 0 Å². The predicted octanol–water partition coefficient (Wildman–Crippen LogP) is 2.20. The molecule has 0 unspecified atom stereocenters. The first-order chi connectivity index (χ1) is 3.43. The Bertz CT molecular complexity index is 119. The Hall–Kier alpha value is -0.300. The molecule has 0 amide bonds. The lowest BCUT2D eigenvalue weighted by Gasteiger charge is -1.77. The lowest BCUT2D eigenvalue weighted by Crippen LogP contribution is -1.62. The van der Waals surface area contributed by atoms with Gasteiger partial charge in [-0.2, -0.15) is 11.3 Å². The molecule has 1 heteroatoms. The van der Waals surface area contributed by atoms with Crippen LogP contribution >= 0.6 is 11.3 Å². The van der Waals surface area contributed by atoms with Crippen LogP contribution in [-0.2, 0) is 0 Å². The summed E-state index contributed by atoms with van der Waals surface area (Å²) in [5.74, 6) is 0. The topological polar surface area (TPSA) is 0 Å². The van der Waals surface area contributed by atoms with Gasteiger partial charge in [0.1, 0.15) is 0 Å². The molecule has 1 aromatic rings.